The fraction of sp³-hybridized carbons (Fsp3) is 0.136. The Morgan fingerprint density at radius 3 is 2.38 bits per heavy atom. The third-order valence-electron chi connectivity index (χ3n) is 4.32. The van der Waals surface area contributed by atoms with Gasteiger partial charge >= 0.3 is 0 Å². The lowest BCUT2D eigenvalue weighted by molar-refractivity contribution is 0.102. The van der Waals surface area contributed by atoms with Crippen LogP contribution in [0, 0.1) is 32.1 Å². The molecule has 0 spiro atoms. The van der Waals surface area contributed by atoms with Gasteiger partial charge in [0.05, 0.1) is 23.5 Å². The van der Waals surface area contributed by atoms with Gasteiger partial charge in [-0.2, -0.15) is 5.26 Å². The van der Waals surface area contributed by atoms with E-state index in [1.54, 1.807) is 24.4 Å². The fourth-order valence-electron chi connectivity index (χ4n) is 2.83. The average molecular weight is 341 g/mol. The number of carbonyl (C=O) groups excluding carboxylic acids is 1. The van der Waals surface area contributed by atoms with E-state index in [1.165, 1.54) is 0 Å². The van der Waals surface area contributed by atoms with Crippen LogP contribution in [0.4, 0.5) is 5.69 Å². The van der Waals surface area contributed by atoms with Crippen LogP contribution in [-0.2, 0) is 0 Å². The van der Waals surface area contributed by atoms with Crippen LogP contribution in [0.3, 0.4) is 0 Å². The van der Waals surface area contributed by atoms with E-state index in [0.29, 0.717) is 16.8 Å². The van der Waals surface area contributed by atoms with Crippen molar-refractivity contribution in [2.45, 2.75) is 20.8 Å². The Hall–Kier alpha value is -3.45. The Bertz CT molecular complexity index is 1010. The summed E-state index contributed by atoms with van der Waals surface area (Å²) in [6, 6.07) is 17.1. The quantitative estimate of drug-likeness (QED) is 0.744. The maximum absolute atomic E-state index is 12.5. The molecule has 0 atom stereocenters. The smallest absolute Gasteiger partial charge is 0.255 e. The first-order chi connectivity index (χ1) is 12.5. The summed E-state index contributed by atoms with van der Waals surface area (Å²) in [5.74, 6) is -0.173. The summed E-state index contributed by atoms with van der Waals surface area (Å²) in [6.45, 7) is 5.86. The Morgan fingerprint density at radius 1 is 1.00 bits per heavy atom. The molecule has 1 heterocycles. The van der Waals surface area contributed by atoms with Gasteiger partial charge in [0.1, 0.15) is 0 Å². The van der Waals surface area contributed by atoms with E-state index in [1.807, 2.05) is 51.1 Å². The van der Waals surface area contributed by atoms with Crippen molar-refractivity contribution in [3.8, 4) is 17.2 Å². The maximum Gasteiger partial charge on any atom is 0.255 e. The Labute approximate surface area is 153 Å². The summed E-state index contributed by atoms with van der Waals surface area (Å²) in [7, 11) is 0. The molecule has 4 heteroatoms. The number of pyridine rings is 1. The highest BCUT2D eigenvalue weighted by Crippen LogP contribution is 2.25. The molecule has 0 fully saturated rings. The van der Waals surface area contributed by atoms with E-state index < -0.39 is 0 Å². The van der Waals surface area contributed by atoms with Gasteiger partial charge in [0, 0.05) is 11.3 Å². The molecular formula is C22H19N3O. The topological polar surface area (TPSA) is 65.8 Å². The number of hydrogen-bond acceptors (Lipinski definition) is 3. The van der Waals surface area contributed by atoms with Crippen molar-refractivity contribution in [1.29, 1.82) is 5.26 Å². The van der Waals surface area contributed by atoms with Crippen LogP contribution in [0.15, 0.2) is 54.7 Å². The van der Waals surface area contributed by atoms with E-state index in [0.717, 1.165) is 27.9 Å². The van der Waals surface area contributed by atoms with E-state index in [9.17, 15) is 4.79 Å². The van der Waals surface area contributed by atoms with Crippen molar-refractivity contribution in [3.05, 3.63) is 82.7 Å². The fourth-order valence-corrected chi connectivity index (χ4v) is 2.83. The lowest BCUT2D eigenvalue weighted by atomic mass is 9.97. The molecule has 4 nitrogen and oxygen atoms in total. The minimum atomic E-state index is -0.173. The van der Waals surface area contributed by atoms with Gasteiger partial charge in [-0.1, -0.05) is 18.2 Å². The molecule has 3 aromatic rings. The van der Waals surface area contributed by atoms with Crippen molar-refractivity contribution >= 4 is 11.6 Å². The van der Waals surface area contributed by atoms with Crippen LogP contribution < -0.4 is 5.32 Å². The molecule has 2 aromatic carbocycles. The number of hydrogen-bond donors (Lipinski definition) is 1. The van der Waals surface area contributed by atoms with Crippen molar-refractivity contribution in [3.63, 3.8) is 0 Å². The predicted molar refractivity (Wildman–Crippen MR) is 103 cm³/mol. The molecule has 0 aliphatic rings. The Balaban J connectivity index is 1.83. The number of anilines is 1. The van der Waals surface area contributed by atoms with Gasteiger partial charge in [-0.05, 0) is 73.4 Å². The van der Waals surface area contributed by atoms with Crippen molar-refractivity contribution < 1.29 is 4.79 Å². The van der Waals surface area contributed by atoms with Crippen LogP contribution in [0.5, 0.6) is 0 Å². The summed E-state index contributed by atoms with van der Waals surface area (Å²) in [5, 5.41) is 12.0. The number of nitrogens with zero attached hydrogens (tertiary/aromatic N) is 2. The summed E-state index contributed by atoms with van der Waals surface area (Å²) in [6.07, 6.45) is 1.67. The minimum absolute atomic E-state index is 0.173. The SMILES string of the molecule is Cc1cc(C)c(NC(=O)c2ccc(-c3cc(C#N)ccc3C)cc2)cn1. The highest BCUT2D eigenvalue weighted by molar-refractivity contribution is 6.04. The van der Waals surface area contributed by atoms with Gasteiger partial charge < -0.3 is 5.32 Å². The normalized spacial score (nSPS) is 10.2. The Kier molecular flexibility index (Phi) is 4.81. The molecule has 0 saturated carbocycles. The first-order valence-corrected chi connectivity index (χ1v) is 8.33. The lowest BCUT2D eigenvalue weighted by Gasteiger charge is -2.10. The van der Waals surface area contributed by atoms with Gasteiger partial charge in [0.25, 0.3) is 5.91 Å². The first kappa shape index (κ1) is 17.4. The van der Waals surface area contributed by atoms with E-state index in [4.69, 9.17) is 5.26 Å². The molecule has 26 heavy (non-hydrogen) atoms. The van der Waals surface area contributed by atoms with Crippen molar-refractivity contribution in [2.75, 3.05) is 5.32 Å². The number of carbonyl (C=O) groups is 1. The van der Waals surface area contributed by atoms with E-state index >= 15 is 0 Å². The lowest BCUT2D eigenvalue weighted by Crippen LogP contribution is -2.13. The zero-order chi connectivity index (χ0) is 18.7. The number of nitrogens with one attached hydrogen (secondary N) is 1. The number of rotatable bonds is 3. The standard InChI is InChI=1S/C22H19N3O/c1-14-4-5-17(12-23)11-20(14)18-6-8-19(9-7-18)22(26)25-21-13-24-16(3)10-15(21)2/h4-11,13H,1-3H3,(H,25,26). The average Bonchev–Trinajstić information content (AvgIpc) is 2.64. The van der Waals surface area contributed by atoms with Crippen molar-refractivity contribution in [2.24, 2.45) is 0 Å². The highest BCUT2D eigenvalue weighted by atomic mass is 16.1. The number of aromatic nitrogens is 1. The second-order valence-electron chi connectivity index (χ2n) is 6.31. The Morgan fingerprint density at radius 2 is 1.73 bits per heavy atom. The van der Waals surface area contributed by atoms with Gasteiger partial charge in [-0.15, -0.1) is 0 Å². The van der Waals surface area contributed by atoms with Crippen molar-refractivity contribution in [1.82, 2.24) is 4.98 Å². The second-order valence-corrected chi connectivity index (χ2v) is 6.31. The summed E-state index contributed by atoms with van der Waals surface area (Å²) in [5.41, 5.74) is 6.85. The summed E-state index contributed by atoms with van der Waals surface area (Å²) >= 11 is 0. The molecule has 0 aliphatic carbocycles. The molecule has 3 rings (SSSR count). The number of amides is 1. The summed E-state index contributed by atoms with van der Waals surface area (Å²) in [4.78, 5) is 16.7. The van der Waals surface area contributed by atoms with Crippen LogP contribution in [0.1, 0.15) is 32.7 Å². The largest absolute Gasteiger partial charge is 0.320 e. The molecule has 0 bridgehead atoms. The second kappa shape index (κ2) is 7.20. The molecule has 1 amide bonds. The van der Waals surface area contributed by atoms with Gasteiger partial charge in [0.15, 0.2) is 0 Å². The van der Waals surface area contributed by atoms with Gasteiger partial charge in [-0.25, -0.2) is 0 Å². The summed E-state index contributed by atoms with van der Waals surface area (Å²) < 4.78 is 0. The van der Waals surface area contributed by atoms with Gasteiger partial charge in [0.2, 0.25) is 0 Å². The van der Waals surface area contributed by atoms with E-state index in [-0.39, 0.29) is 5.91 Å². The number of benzene rings is 2. The minimum Gasteiger partial charge on any atom is -0.320 e. The molecule has 1 N–H and O–H groups in total. The molecule has 1 aromatic heterocycles. The van der Waals surface area contributed by atoms with Crippen LogP contribution in [-0.4, -0.2) is 10.9 Å². The third-order valence-corrected chi connectivity index (χ3v) is 4.32. The van der Waals surface area contributed by atoms with Crippen LogP contribution in [0.2, 0.25) is 0 Å². The van der Waals surface area contributed by atoms with E-state index in [2.05, 4.69) is 16.4 Å². The molecule has 0 aliphatic heterocycles. The molecule has 0 radical (unpaired) electrons. The third kappa shape index (κ3) is 3.62. The molecule has 0 unspecified atom stereocenters. The zero-order valence-electron chi connectivity index (χ0n) is 15.0. The maximum atomic E-state index is 12.5. The predicted octanol–water partition coefficient (Wildman–Crippen LogP) is 4.80. The van der Waals surface area contributed by atoms with Crippen LogP contribution >= 0.6 is 0 Å². The van der Waals surface area contributed by atoms with Crippen LogP contribution in [0.25, 0.3) is 11.1 Å². The zero-order valence-corrected chi connectivity index (χ0v) is 15.0. The highest BCUT2D eigenvalue weighted by Gasteiger charge is 2.10. The molecule has 0 saturated heterocycles. The molecule has 128 valence electrons. The molecular weight excluding hydrogens is 322 g/mol. The number of nitriles is 1. The first-order valence-electron chi connectivity index (χ1n) is 8.33. The number of aryl methyl sites for hydroxylation is 3. The monoisotopic (exact) mass is 341 g/mol. The van der Waals surface area contributed by atoms with Gasteiger partial charge in [-0.3, -0.25) is 9.78 Å².